The number of methoxy groups -OCH3 is 1. The van der Waals surface area contributed by atoms with E-state index in [0.717, 1.165) is 28.0 Å². The Morgan fingerprint density at radius 3 is 2.03 bits per heavy atom. The number of nitrogens with one attached hydrogen (secondary N) is 1. The molecule has 0 heterocycles. The van der Waals surface area contributed by atoms with E-state index in [2.05, 4.69) is 59.9 Å². The molecule has 0 aromatic heterocycles. The maximum Gasteiger partial charge on any atom is 0.124 e. The van der Waals surface area contributed by atoms with Crippen molar-refractivity contribution >= 4 is 10.8 Å². The number of para-hydroxylation sites is 1. The van der Waals surface area contributed by atoms with E-state index in [4.69, 9.17) is 9.47 Å². The first-order valence-corrected chi connectivity index (χ1v) is 12.9. The fourth-order valence-electron chi connectivity index (χ4n) is 5.16. The Morgan fingerprint density at radius 1 is 0.711 bits per heavy atom. The minimum Gasteiger partial charge on any atom is -0.496 e. The number of fused-ring (bicyclic) bond motifs is 1. The van der Waals surface area contributed by atoms with Gasteiger partial charge in [-0.25, -0.2) is 0 Å². The minimum atomic E-state index is -0.744. The Morgan fingerprint density at radius 2 is 1.32 bits per heavy atom. The highest BCUT2D eigenvalue weighted by Crippen LogP contribution is 2.41. The van der Waals surface area contributed by atoms with Gasteiger partial charge in [0.15, 0.2) is 0 Å². The molecule has 0 amide bonds. The van der Waals surface area contributed by atoms with Crippen LogP contribution in [0.25, 0.3) is 10.8 Å². The molecule has 0 aliphatic heterocycles. The molecule has 4 nitrogen and oxygen atoms in total. The van der Waals surface area contributed by atoms with Crippen molar-refractivity contribution in [3.05, 3.63) is 150 Å². The van der Waals surface area contributed by atoms with Gasteiger partial charge in [-0.2, -0.15) is 0 Å². The number of rotatable bonds is 11. The summed E-state index contributed by atoms with van der Waals surface area (Å²) in [5, 5.41) is 17.1. The summed E-state index contributed by atoms with van der Waals surface area (Å²) in [6, 6.07) is 43.1. The van der Waals surface area contributed by atoms with Crippen LogP contribution < -0.4 is 10.1 Å². The second kappa shape index (κ2) is 12.1. The van der Waals surface area contributed by atoms with Gasteiger partial charge in [-0.15, -0.1) is 0 Å². The summed E-state index contributed by atoms with van der Waals surface area (Å²) in [5.41, 5.74) is 3.45. The van der Waals surface area contributed by atoms with Gasteiger partial charge >= 0.3 is 0 Å². The van der Waals surface area contributed by atoms with Gasteiger partial charge in [0.2, 0.25) is 0 Å². The van der Waals surface area contributed by atoms with Crippen LogP contribution in [0.4, 0.5) is 0 Å². The van der Waals surface area contributed by atoms with E-state index in [-0.39, 0.29) is 6.61 Å². The molecule has 5 rings (SSSR count). The van der Waals surface area contributed by atoms with Crippen molar-refractivity contribution in [1.82, 2.24) is 5.32 Å². The number of aliphatic hydroxyl groups is 1. The van der Waals surface area contributed by atoms with Crippen LogP contribution in [0.1, 0.15) is 22.3 Å². The predicted molar refractivity (Wildman–Crippen MR) is 153 cm³/mol. The van der Waals surface area contributed by atoms with Crippen molar-refractivity contribution in [1.29, 1.82) is 0 Å². The fourth-order valence-corrected chi connectivity index (χ4v) is 5.16. The zero-order valence-corrected chi connectivity index (χ0v) is 21.6. The predicted octanol–water partition coefficient (Wildman–Crippen LogP) is 6.31. The third-order valence-corrected chi connectivity index (χ3v) is 6.98. The van der Waals surface area contributed by atoms with Gasteiger partial charge in [0.25, 0.3) is 0 Å². The summed E-state index contributed by atoms with van der Waals surface area (Å²) in [6.45, 7) is 0.965. The molecule has 0 saturated heterocycles. The normalized spacial score (nSPS) is 12.4. The van der Waals surface area contributed by atoms with Crippen LogP contribution in [0.15, 0.2) is 127 Å². The van der Waals surface area contributed by atoms with Gasteiger partial charge in [0.1, 0.15) is 5.75 Å². The lowest BCUT2D eigenvalue weighted by Crippen LogP contribution is -2.48. The summed E-state index contributed by atoms with van der Waals surface area (Å²) in [7, 11) is 1.69. The third-order valence-electron chi connectivity index (χ3n) is 6.98. The van der Waals surface area contributed by atoms with E-state index in [0.29, 0.717) is 13.2 Å². The molecule has 192 valence electrons. The second-order valence-corrected chi connectivity index (χ2v) is 9.37. The molecule has 1 atom stereocenters. The minimum absolute atomic E-state index is 0.210. The van der Waals surface area contributed by atoms with Gasteiger partial charge in [-0.3, -0.25) is 5.32 Å². The van der Waals surface area contributed by atoms with Crippen LogP contribution >= 0.6 is 0 Å². The molecule has 0 aliphatic rings. The molecule has 0 bridgehead atoms. The summed E-state index contributed by atoms with van der Waals surface area (Å²) in [5.74, 6) is 0.773. The Balaban J connectivity index is 1.41. The Bertz CT molecular complexity index is 1410. The lowest BCUT2D eigenvalue weighted by molar-refractivity contribution is 0.0270. The lowest BCUT2D eigenvalue weighted by Gasteiger charge is -2.38. The van der Waals surface area contributed by atoms with Crippen molar-refractivity contribution in [2.75, 3.05) is 20.3 Å². The zero-order chi connectivity index (χ0) is 26.2. The van der Waals surface area contributed by atoms with Gasteiger partial charge in [0.05, 0.1) is 32.0 Å². The van der Waals surface area contributed by atoms with E-state index in [1.54, 1.807) is 7.11 Å². The average molecular weight is 504 g/mol. The highest BCUT2D eigenvalue weighted by molar-refractivity contribution is 5.85. The second-order valence-electron chi connectivity index (χ2n) is 9.37. The monoisotopic (exact) mass is 503 g/mol. The summed E-state index contributed by atoms with van der Waals surface area (Å²) in [6.07, 6.45) is -0.716. The van der Waals surface area contributed by atoms with E-state index >= 15 is 0 Å². The topological polar surface area (TPSA) is 50.7 Å². The standard InChI is InChI=1S/C34H33NO3/c1-37-33-22-11-10-21-32(33)34(28-16-4-2-5-17-28,29-18-6-3-7-19-29)35-23-30(36)25-38-24-27-15-12-14-26-13-8-9-20-31(26)27/h2-22,30,35-36H,23-25H2,1H3. The smallest absolute Gasteiger partial charge is 0.124 e. The van der Waals surface area contributed by atoms with E-state index in [1.807, 2.05) is 72.8 Å². The largest absolute Gasteiger partial charge is 0.496 e. The summed E-state index contributed by atoms with van der Waals surface area (Å²) < 4.78 is 11.8. The molecule has 5 aromatic rings. The Labute approximate surface area is 224 Å². The molecule has 0 spiro atoms. The van der Waals surface area contributed by atoms with Crippen molar-refractivity contribution in [2.24, 2.45) is 0 Å². The van der Waals surface area contributed by atoms with Crippen LogP contribution in [-0.4, -0.2) is 31.5 Å². The molecule has 0 fully saturated rings. The number of hydrogen-bond acceptors (Lipinski definition) is 4. The molecule has 4 heteroatoms. The van der Waals surface area contributed by atoms with Crippen molar-refractivity contribution in [3.8, 4) is 5.75 Å². The number of hydrogen-bond donors (Lipinski definition) is 2. The first kappa shape index (κ1) is 25.7. The van der Waals surface area contributed by atoms with Crippen molar-refractivity contribution < 1.29 is 14.6 Å². The zero-order valence-electron chi connectivity index (χ0n) is 21.6. The quantitative estimate of drug-likeness (QED) is 0.208. The molecule has 0 radical (unpaired) electrons. The summed E-state index contributed by atoms with van der Waals surface area (Å²) >= 11 is 0. The summed E-state index contributed by atoms with van der Waals surface area (Å²) in [4.78, 5) is 0. The Hall–Kier alpha value is -3.96. The molecule has 0 aliphatic carbocycles. The van der Waals surface area contributed by atoms with Crippen LogP contribution in [0.2, 0.25) is 0 Å². The van der Waals surface area contributed by atoms with Gasteiger partial charge < -0.3 is 14.6 Å². The van der Waals surface area contributed by atoms with E-state index < -0.39 is 11.6 Å². The molecular weight excluding hydrogens is 470 g/mol. The number of benzene rings is 5. The number of aliphatic hydroxyl groups excluding tert-OH is 1. The molecular formula is C34H33NO3. The first-order chi connectivity index (χ1) is 18.7. The molecule has 0 saturated carbocycles. The lowest BCUT2D eigenvalue weighted by atomic mass is 9.76. The highest BCUT2D eigenvalue weighted by Gasteiger charge is 2.38. The maximum atomic E-state index is 11.1. The highest BCUT2D eigenvalue weighted by atomic mass is 16.5. The SMILES string of the molecule is COc1ccccc1C(NCC(O)COCc1cccc2ccccc12)(c1ccccc1)c1ccccc1. The third kappa shape index (κ3) is 5.34. The van der Waals surface area contributed by atoms with Crippen LogP contribution in [0.5, 0.6) is 5.75 Å². The molecule has 1 unspecified atom stereocenters. The number of ether oxygens (including phenoxy) is 2. The molecule has 5 aromatic carbocycles. The van der Waals surface area contributed by atoms with Crippen LogP contribution in [-0.2, 0) is 16.9 Å². The van der Waals surface area contributed by atoms with Gasteiger partial charge in [-0.1, -0.05) is 121 Å². The van der Waals surface area contributed by atoms with E-state index in [1.165, 1.54) is 10.8 Å². The fraction of sp³-hybridized carbons (Fsp3) is 0.176. The van der Waals surface area contributed by atoms with Gasteiger partial charge in [-0.05, 0) is 33.5 Å². The maximum absolute atomic E-state index is 11.1. The molecule has 2 N–H and O–H groups in total. The molecule has 38 heavy (non-hydrogen) atoms. The van der Waals surface area contributed by atoms with Crippen LogP contribution in [0.3, 0.4) is 0 Å². The van der Waals surface area contributed by atoms with E-state index in [9.17, 15) is 5.11 Å². The van der Waals surface area contributed by atoms with Gasteiger partial charge in [0, 0.05) is 12.1 Å². The Kier molecular flexibility index (Phi) is 8.15. The first-order valence-electron chi connectivity index (χ1n) is 12.9. The van der Waals surface area contributed by atoms with Crippen LogP contribution in [0, 0.1) is 0 Å². The van der Waals surface area contributed by atoms with Crippen molar-refractivity contribution in [3.63, 3.8) is 0 Å². The van der Waals surface area contributed by atoms with Crippen molar-refractivity contribution in [2.45, 2.75) is 18.2 Å². The average Bonchev–Trinajstić information content (AvgIpc) is 2.99.